The Labute approximate surface area is 491 Å². The van der Waals surface area contributed by atoms with Gasteiger partial charge in [-0.05, 0) is 109 Å². The molecule has 444 valence electrons. The molecule has 5 fully saturated rings. The number of aryl methyl sites for hydroxylation is 2. The summed E-state index contributed by atoms with van der Waals surface area (Å²) in [6, 6.07) is 7.49. The van der Waals surface area contributed by atoms with E-state index in [1.165, 1.54) is 24.5 Å². The number of ether oxygens (including phenoxy) is 2. The van der Waals surface area contributed by atoms with Gasteiger partial charge < -0.3 is 29.2 Å². The number of nitrogens with one attached hydrogen (secondary N) is 2. The van der Waals surface area contributed by atoms with E-state index in [1.807, 2.05) is 67.8 Å². The van der Waals surface area contributed by atoms with Crippen molar-refractivity contribution in [1.82, 2.24) is 69.1 Å². The lowest BCUT2D eigenvalue weighted by molar-refractivity contribution is -0.0458. The highest BCUT2D eigenvalue weighted by atomic mass is 19.1. The number of likely N-dealkylation sites (tertiary alicyclic amines) is 4. The third-order valence-corrected chi connectivity index (χ3v) is 18.2. The summed E-state index contributed by atoms with van der Waals surface area (Å²) >= 11 is 0. The van der Waals surface area contributed by atoms with E-state index in [9.17, 15) is 28.0 Å². The standard InChI is InChI=1S/C32H36FN7O3.C31H36FN7O3/c1-3-32(18-39(19-32)23-8-12-38(13-9-23)30(41)25-7-10-34-20(2)28(25)33)40-16-22(14-37-40)27-24-6-11-35-29(24)36-15-26(27)31(42)43-17-21-4-5-21;1-5-31(17-38(18-31)22-8-12-37(13-9-22)29(40)24-7-10-33-20(4)27(24)32)39-16-21(14-36-39)26-23-6-11-34-28(23)35-15-25(26)30(41)42-19(2)3/h6-7,10-11,14-16,21,23H,3-5,8-9,12-13,17-19H2,1-2H3,(H,35,36);6-7,10-11,14-16,19,22H,5,8-9,12-13,17-18H2,1-4H3,(H,34,35). The summed E-state index contributed by atoms with van der Waals surface area (Å²) in [4.78, 5) is 83.5. The summed E-state index contributed by atoms with van der Waals surface area (Å²) < 4.78 is 44.3. The van der Waals surface area contributed by atoms with E-state index in [1.54, 1.807) is 36.0 Å². The maximum absolute atomic E-state index is 14.5. The number of esters is 2. The highest BCUT2D eigenvalue weighted by Gasteiger charge is 2.49. The second-order valence-electron chi connectivity index (χ2n) is 23.9. The predicted molar refractivity (Wildman–Crippen MR) is 314 cm³/mol. The number of piperidine rings is 2. The molecule has 0 spiro atoms. The number of nitrogens with zero attached hydrogens (tertiary/aromatic N) is 12. The van der Waals surface area contributed by atoms with Crippen LogP contribution in [-0.4, -0.2) is 170 Å². The Balaban J connectivity index is 0.000000167. The van der Waals surface area contributed by atoms with Crippen molar-refractivity contribution in [3.05, 3.63) is 132 Å². The van der Waals surface area contributed by atoms with Gasteiger partial charge in [0.15, 0.2) is 11.6 Å². The molecule has 2 N–H and O–H groups in total. The summed E-state index contributed by atoms with van der Waals surface area (Å²) in [6.45, 7) is 17.4. The van der Waals surface area contributed by atoms with Crippen molar-refractivity contribution in [3.8, 4) is 22.3 Å². The van der Waals surface area contributed by atoms with Gasteiger partial charge in [0.1, 0.15) is 11.3 Å². The minimum Gasteiger partial charge on any atom is -0.462 e. The first-order valence-electron chi connectivity index (χ1n) is 29.8. The monoisotopic (exact) mass is 1160 g/mol. The van der Waals surface area contributed by atoms with Gasteiger partial charge in [0, 0.05) is 147 Å². The number of aromatic nitrogens is 10. The van der Waals surface area contributed by atoms with E-state index >= 15 is 0 Å². The van der Waals surface area contributed by atoms with Crippen molar-refractivity contribution < 1.29 is 37.4 Å². The van der Waals surface area contributed by atoms with Gasteiger partial charge in [0.2, 0.25) is 0 Å². The molecule has 5 aliphatic rings. The van der Waals surface area contributed by atoms with Gasteiger partial charge in [-0.25, -0.2) is 28.3 Å². The number of H-pyrrole nitrogens is 2. The zero-order chi connectivity index (χ0) is 59.3. The molecular formula is C63H72F2N14O6. The Kier molecular flexibility index (Phi) is 15.7. The van der Waals surface area contributed by atoms with Crippen LogP contribution < -0.4 is 0 Å². The van der Waals surface area contributed by atoms with Crippen molar-refractivity contribution >= 4 is 45.8 Å². The fourth-order valence-electron chi connectivity index (χ4n) is 12.8. The van der Waals surface area contributed by atoms with Crippen LogP contribution in [0.15, 0.2) is 86.2 Å². The van der Waals surface area contributed by atoms with Gasteiger partial charge in [0.05, 0.1) is 69.8 Å². The van der Waals surface area contributed by atoms with Crippen molar-refractivity contribution in [1.29, 1.82) is 0 Å². The topological polar surface area (TPSA) is 218 Å². The zero-order valence-electron chi connectivity index (χ0n) is 49.0. The number of aromatic amines is 2. The number of hydrogen-bond acceptors (Lipinski definition) is 14. The minimum absolute atomic E-state index is 0.0936. The average molecular weight is 1160 g/mol. The van der Waals surface area contributed by atoms with Crippen LogP contribution in [0.2, 0.25) is 0 Å². The number of rotatable bonds is 15. The normalized spacial score (nSPS) is 18.3. The minimum atomic E-state index is -0.536. The van der Waals surface area contributed by atoms with Crippen molar-refractivity contribution in [2.24, 2.45) is 5.92 Å². The number of amides is 2. The first kappa shape index (κ1) is 57.2. The highest BCUT2D eigenvalue weighted by molar-refractivity contribution is 6.07. The first-order valence-corrected chi connectivity index (χ1v) is 29.8. The fraction of sp³-hybridized carbons (Fsp3) is 0.460. The number of carbonyl (C=O) groups excluding carboxylic acids is 4. The van der Waals surface area contributed by atoms with Crippen LogP contribution in [0, 0.1) is 31.4 Å². The molecule has 8 aromatic rings. The van der Waals surface area contributed by atoms with Gasteiger partial charge in [-0.1, -0.05) is 13.8 Å². The number of hydrogen-bond donors (Lipinski definition) is 2. The number of carbonyl (C=O) groups is 4. The molecule has 85 heavy (non-hydrogen) atoms. The summed E-state index contributed by atoms with van der Waals surface area (Å²) in [5.74, 6) is -1.88. The van der Waals surface area contributed by atoms with E-state index in [2.05, 4.69) is 58.2 Å². The van der Waals surface area contributed by atoms with Crippen LogP contribution in [0.3, 0.4) is 0 Å². The lowest BCUT2D eigenvalue weighted by atomic mass is 9.84. The summed E-state index contributed by atoms with van der Waals surface area (Å²) in [7, 11) is 0. The average Bonchev–Trinajstić information content (AvgIpc) is 2.32. The van der Waals surface area contributed by atoms with Crippen LogP contribution in [0.25, 0.3) is 44.3 Å². The van der Waals surface area contributed by atoms with Gasteiger partial charge in [-0.3, -0.25) is 38.7 Å². The molecule has 1 aliphatic carbocycles. The van der Waals surface area contributed by atoms with Crippen LogP contribution in [0.1, 0.15) is 132 Å². The van der Waals surface area contributed by atoms with Crippen LogP contribution >= 0.6 is 0 Å². The largest absolute Gasteiger partial charge is 0.462 e. The van der Waals surface area contributed by atoms with E-state index < -0.39 is 17.6 Å². The van der Waals surface area contributed by atoms with E-state index in [4.69, 9.17) is 19.7 Å². The molecular weight excluding hydrogens is 1090 g/mol. The van der Waals surface area contributed by atoms with Gasteiger partial charge in [0.25, 0.3) is 11.8 Å². The molecule has 4 saturated heterocycles. The smallest absolute Gasteiger partial charge is 0.340 e. The predicted octanol–water partition coefficient (Wildman–Crippen LogP) is 9.12. The number of pyridine rings is 4. The highest BCUT2D eigenvalue weighted by Crippen LogP contribution is 2.41. The second-order valence-corrected chi connectivity index (χ2v) is 23.9. The van der Waals surface area contributed by atoms with Gasteiger partial charge in [-0.2, -0.15) is 10.2 Å². The molecule has 0 radical (unpaired) electrons. The molecule has 1 saturated carbocycles. The third-order valence-electron chi connectivity index (χ3n) is 18.2. The second kappa shape index (κ2) is 23.3. The first-order chi connectivity index (χ1) is 41.1. The summed E-state index contributed by atoms with van der Waals surface area (Å²) in [5.41, 5.74) is 5.90. The molecule has 20 nitrogen and oxygen atoms in total. The number of fused-ring (bicyclic) bond motifs is 2. The Morgan fingerprint density at radius 1 is 0.600 bits per heavy atom. The third kappa shape index (κ3) is 11.0. The summed E-state index contributed by atoms with van der Waals surface area (Å²) in [6.07, 6.45) is 24.7. The maximum Gasteiger partial charge on any atom is 0.340 e. The number of halogens is 2. The van der Waals surface area contributed by atoms with E-state index in [-0.39, 0.29) is 57.5 Å². The van der Waals surface area contributed by atoms with E-state index in [0.717, 1.165) is 111 Å². The van der Waals surface area contributed by atoms with Crippen LogP contribution in [0.4, 0.5) is 8.78 Å². The molecule has 0 atom stereocenters. The quantitative estimate of drug-likeness (QED) is 0.0915. The lowest BCUT2D eigenvalue weighted by Gasteiger charge is -2.54. The van der Waals surface area contributed by atoms with Crippen LogP contribution in [0.5, 0.6) is 0 Å². The van der Waals surface area contributed by atoms with Crippen molar-refractivity contribution in [2.45, 2.75) is 122 Å². The molecule has 12 heterocycles. The summed E-state index contributed by atoms with van der Waals surface area (Å²) in [5, 5.41) is 11.3. The Morgan fingerprint density at radius 3 is 1.45 bits per heavy atom. The molecule has 4 aliphatic heterocycles. The molecule has 0 unspecified atom stereocenters. The Morgan fingerprint density at radius 2 is 1.04 bits per heavy atom. The Hall–Kier alpha value is -8.24. The SMILES string of the molecule is CCC1(n2cc(-c3c(C(=O)OC(C)C)cnc4[nH]ccc34)cn2)CN(C2CCN(C(=O)c3ccnc(C)c3F)CC2)C1.CCC1(n2cc(-c3c(C(=O)OCC4CC4)cnc4[nH]ccc34)cn2)CN(C2CCN(C(=O)c3ccnc(C)c3F)CC2)C1. The molecule has 2 amide bonds. The molecule has 22 heteroatoms. The molecule has 13 rings (SSSR count). The maximum atomic E-state index is 14.5. The van der Waals surface area contributed by atoms with Gasteiger partial charge in [-0.15, -0.1) is 0 Å². The van der Waals surface area contributed by atoms with Crippen molar-refractivity contribution in [3.63, 3.8) is 0 Å². The molecule has 0 aromatic carbocycles. The molecule has 8 aromatic heterocycles. The lowest BCUT2D eigenvalue weighted by Crippen LogP contribution is -2.66. The van der Waals surface area contributed by atoms with E-state index in [0.29, 0.717) is 73.2 Å². The molecule has 0 bridgehead atoms. The van der Waals surface area contributed by atoms with Crippen molar-refractivity contribution in [2.75, 3.05) is 59.0 Å². The van der Waals surface area contributed by atoms with Gasteiger partial charge >= 0.3 is 11.9 Å². The Bertz CT molecular complexity index is 3800. The zero-order valence-corrected chi connectivity index (χ0v) is 49.0. The van der Waals surface area contributed by atoms with Crippen LogP contribution in [-0.2, 0) is 20.6 Å². The fourth-order valence-corrected chi connectivity index (χ4v) is 12.8.